The summed E-state index contributed by atoms with van der Waals surface area (Å²) in [6.45, 7) is 3.55. The van der Waals surface area contributed by atoms with Gasteiger partial charge in [0.1, 0.15) is 0 Å². The first-order valence-corrected chi connectivity index (χ1v) is 5.04. The summed E-state index contributed by atoms with van der Waals surface area (Å²) in [6, 6.07) is 0. The quantitative estimate of drug-likeness (QED) is 0.639. The van der Waals surface area contributed by atoms with Crippen LogP contribution in [0.3, 0.4) is 0 Å². The zero-order chi connectivity index (χ0) is 11.7. The summed E-state index contributed by atoms with van der Waals surface area (Å²) in [6.07, 6.45) is 3.82. The van der Waals surface area contributed by atoms with Crippen LogP contribution in [0.2, 0.25) is 0 Å². The van der Waals surface area contributed by atoms with Crippen molar-refractivity contribution in [1.82, 2.24) is 5.32 Å². The van der Waals surface area contributed by atoms with Crippen molar-refractivity contribution in [3.05, 3.63) is 12.2 Å². The van der Waals surface area contributed by atoms with E-state index in [9.17, 15) is 14.4 Å². The van der Waals surface area contributed by atoms with Crippen molar-refractivity contribution in [2.45, 2.75) is 33.1 Å². The van der Waals surface area contributed by atoms with E-state index in [-0.39, 0.29) is 36.9 Å². The number of ketones is 2. The summed E-state index contributed by atoms with van der Waals surface area (Å²) in [5, 5.41) is 2.47. The van der Waals surface area contributed by atoms with Crippen molar-refractivity contribution in [1.29, 1.82) is 0 Å². The highest BCUT2D eigenvalue weighted by molar-refractivity contribution is 5.93. The van der Waals surface area contributed by atoms with Crippen molar-refractivity contribution in [3.63, 3.8) is 0 Å². The Labute approximate surface area is 89.7 Å². The second-order valence-electron chi connectivity index (χ2n) is 3.14. The number of hydrogen-bond donors (Lipinski definition) is 1. The van der Waals surface area contributed by atoms with Crippen molar-refractivity contribution in [2.24, 2.45) is 0 Å². The first-order valence-electron chi connectivity index (χ1n) is 5.04. The van der Waals surface area contributed by atoms with Gasteiger partial charge < -0.3 is 5.32 Å². The Kier molecular flexibility index (Phi) is 7.14. The largest absolute Gasteiger partial charge is 0.349 e. The van der Waals surface area contributed by atoms with Crippen molar-refractivity contribution in [2.75, 3.05) is 6.54 Å². The predicted molar refractivity (Wildman–Crippen MR) is 57.4 cm³/mol. The summed E-state index contributed by atoms with van der Waals surface area (Å²) in [4.78, 5) is 33.0. The Morgan fingerprint density at radius 1 is 1.20 bits per heavy atom. The molecule has 0 aromatic carbocycles. The van der Waals surface area contributed by atoms with E-state index in [1.54, 1.807) is 19.9 Å². The average molecular weight is 211 g/mol. The van der Waals surface area contributed by atoms with Gasteiger partial charge in [-0.25, -0.2) is 0 Å². The maximum absolute atomic E-state index is 11.1. The molecular weight excluding hydrogens is 194 g/mol. The van der Waals surface area contributed by atoms with E-state index in [1.165, 1.54) is 6.08 Å². The minimum absolute atomic E-state index is 0.0110. The number of amides is 1. The van der Waals surface area contributed by atoms with Crippen LogP contribution in [0.25, 0.3) is 0 Å². The third kappa shape index (κ3) is 7.61. The highest BCUT2D eigenvalue weighted by Gasteiger charge is 2.05. The number of carbonyl (C=O) groups is 3. The van der Waals surface area contributed by atoms with Crippen LogP contribution in [-0.4, -0.2) is 24.0 Å². The molecule has 0 heterocycles. The minimum Gasteiger partial charge on any atom is -0.349 e. The summed E-state index contributed by atoms with van der Waals surface area (Å²) in [7, 11) is 0. The van der Waals surface area contributed by atoms with Gasteiger partial charge in [-0.15, -0.1) is 0 Å². The molecule has 0 aliphatic rings. The van der Waals surface area contributed by atoms with Crippen LogP contribution >= 0.6 is 0 Å². The van der Waals surface area contributed by atoms with Crippen molar-refractivity contribution < 1.29 is 14.4 Å². The number of hydrogen-bond acceptors (Lipinski definition) is 3. The molecule has 0 bridgehead atoms. The van der Waals surface area contributed by atoms with Crippen LogP contribution in [-0.2, 0) is 14.4 Å². The molecule has 0 unspecified atom stereocenters. The van der Waals surface area contributed by atoms with Crippen LogP contribution in [0.1, 0.15) is 33.1 Å². The SMILES string of the molecule is C/C=C\C(=O)CCC(=O)NCC(=O)CC. The lowest BCUT2D eigenvalue weighted by Crippen LogP contribution is -2.29. The van der Waals surface area contributed by atoms with Gasteiger partial charge in [0.2, 0.25) is 5.91 Å². The number of nitrogens with one attached hydrogen (secondary N) is 1. The van der Waals surface area contributed by atoms with Gasteiger partial charge in [0, 0.05) is 19.3 Å². The lowest BCUT2D eigenvalue weighted by atomic mass is 10.2. The zero-order valence-electron chi connectivity index (χ0n) is 9.21. The Morgan fingerprint density at radius 3 is 2.40 bits per heavy atom. The topological polar surface area (TPSA) is 63.2 Å². The highest BCUT2D eigenvalue weighted by atomic mass is 16.2. The molecule has 0 aromatic heterocycles. The molecule has 0 aromatic rings. The van der Waals surface area contributed by atoms with Crippen LogP contribution in [0, 0.1) is 0 Å². The molecule has 4 nitrogen and oxygen atoms in total. The lowest BCUT2D eigenvalue weighted by molar-refractivity contribution is -0.126. The molecular formula is C11H17NO3. The molecule has 0 radical (unpaired) electrons. The van der Waals surface area contributed by atoms with Crippen molar-refractivity contribution in [3.8, 4) is 0 Å². The number of Topliss-reactive ketones (excluding diaryl/α,β-unsaturated/α-hetero) is 1. The van der Waals surface area contributed by atoms with Crippen LogP contribution in [0.15, 0.2) is 12.2 Å². The van der Waals surface area contributed by atoms with Gasteiger partial charge in [0.05, 0.1) is 6.54 Å². The van der Waals surface area contributed by atoms with Crippen LogP contribution in [0.5, 0.6) is 0 Å². The third-order valence-corrected chi connectivity index (χ3v) is 1.83. The third-order valence-electron chi connectivity index (χ3n) is 1.83. The lowest BCUT2D eigenvalue weighted by Gasteiger charge is -2.01. The van der Waals surface area contributed by atoms with E-state index in [0.29, 0.717) is 6.42 Å². The first kappa shape index (κ1) is 13.5. The molecule has 0 saturated carbocycles. The van der Waals surface area contributed by atoms with Gasteiger partial charge in [-0.3, -0.25) is 14.4 Å². The number of carbonyl (C=O) groups excluding carboxylic acids is 3. The van der Waals surface area contributed by atoms with E-state index in [4.69, 9.17) is 0 Å². The fourth-order valence-corrected chi connectivity index (χ4v) is 0.917. The number of allylic oxidation sites excluding steroid dienone is 2. The van der Waals surface area contributed by atoms with Crippen LogP contribution < -0.4 is 5.32 Å². The van der Waals surface area contributed by atoms with Gasteiger partial charge in [-0.1, -0.05) is 13.0 Å². The number of rotatable bonds is 7. The maximum atomic E-state index is 11.1. The normalized spacial score (nSPS) is 10.3. The van der Waals surface area contributed by atoms with Crippen molar-refractivity contribution >= 4 is 17.5 Å². The second kappa shape index (κ2) is 7.91. The summed E-state index contributed by atoms with van der Waals surface area (Å²) in [5.74, 6) is -0.341. The van der Waals surface area contributed by atoms with E-state index in [2.05, 4.69) is 5.32 Å². The van der Waals surface area contributed by atoms with E-state index in [0.717, 1.165) is 0 Å². The zero-order valence-corrected chi connectivity index (χ0v) is 9.21. The fraction of sp³-hybridized carbons (Fsp3) is 0.545. The van der Waals surface area contributed by atoms with Gasteiger partial charge in [0.15, 0.2) is 11.6 Å². The molecule has 4 heteroatoms. The summed E-state index contributed by atoms with van der Waals surface area (Å²) in [5.41, 5.74) is 0. The Bertz CT molecular complexity index is 269. The van der Waals surface area contributed by atoms with Gasteiger partial charge in [0.25, 0.3) is 0 Å². The monoisotopic (exact) mass is 211 g/mol. The molecule has 0 saturated heterocycles. The Morgan fingerprint density at radius 2 is 1.87 bits per heavy atom. The molecule has 1 N–H and O–H groups in total. The van der Waals surface area contributed by atoms with Gasteiger partial charge in [-0.05, 0) is 13.0 Å². The molecule has 0 rings (SSSR count). The molecule has 0 spiro atoms. The first-order chi connectivity index (χ1) is 7.10. The van der Waals surface area contributed by atoms with Gasteiger partial charge in [-0.2, -0.15) is 0 Å². The molecule has 15 heavy (non-hydrogen) atoms. The van der Waals surface area contributed by atoms with Crippen LogP contribution in [0.4, 0.5) is 0 Å². The maximum Gasteiger partial charge on any atom is 0.220 e. The molecule has 1 amide bonds. The molecule has 0 aliphatic carbocycles. The Hall–Kier alpha value is -1.45. The highest BCUT2D eigenvalue weighted by Crippen LogP contribution is 1.92. The van der Waals surface area contributed by atoms with E-state index in [1.807, 2.05) is 0 Å². The minimum atomic E-state index is -0.255. The summed E-state index contributed by atoms with van der Waals surface area (Å²) >= 11 is 0. The van der Waals surface area contributed by atoms with E-state index >= 15 is 0 Å². The second-order valence-corrected chi connectivity index (χ2v) is 3.14. The average Bonchev–Trinajstić information content (AvgIpc) is 2.23. The smallest absolute Gasteiger partial charge is 0.220 e. The molecule has 0 aliphatic heterocycles. The standard InChI is InChI=1S/C11H17NO3/c1-3-5-10(14)6-7-11(15)12-8-9(13)4-2/h3,5H,4,6-8H2,1-2H3,(H,12,15)/b5-3-. The molecule has 84 valence electrons. The molecule has 0 fully saturated rings. The predicted octanol–water partition coefficient (Wildman–Crippen LogP) is 1.01. The fourth-order valence-electron chi connectivity index (χ4n) is 0.917. The molecule has 0 atom stereocenters. The van der Waals surface area contributed by atoms with Gasteiger partial charge >= 0.3 is 0 Å². The Balaban J connectivity index is 3.66. The van der Waals surface area contributed by atoms with E-state index < -0.39 is 0 Å². The summed E-state index contributed by atoms with van der Waals surface area (Å²) < 4.78 is 0.